The topological polar surface area (TPSA) is 155 Å². The molecule has 0 saturated heterocycles. The van der Waals surface area contributed by atoms with Gasteiger partial charge in [-0.15, -0.1) is 5.10 Å². The molecular formula is C27H23Cl2N9O4. The molecule has 0 unspecified atom stereocenters. The zero-order chi connectivity index (χ0) is 29.2. The summed E-state index contributed by atoms with van der Waals surface area (Å²) in [5.74, 6) is 1.17. The Morgan fingerprint density at radius 1 is 1.12 bits per heavy atom. The number of H-pyrrole nitrogens is 1. The number of halogens is 2. The number of amides is 1. The molecule has 3 aromatic heterocycles. The van der Waals surface area contributed by atoms with Crippen molar-refractivity contribution in [2.75, 3.05) is 25.6 Å². The number of fused-ring (bicyclic) bond motifs is 1. The maximum absolute atomic E-state index is 13.5. The molecular weight excluding hydrogens is 585 g/mol. The van der Waals surface area contributed by atoms with Crippen molar-refractivity contribution in [1.29, 1.82) is 0 Å². The summed E-state index contributed by atoms with van der Waals surface area (Å²) in [7, 11) is 1.53. The number of aryl methyl sites for hydroxylation is 1. The van der Waals surface area contributed by atoms with Crippen molar-refractivity contribution >= 4 is 35.0 Å². The van der Waals surface area contributed by atoms with Crippen LogP contribution in [0.2, 0.25) is 10.2 Å². The minimum absolute atomic E-state index is 0.151. The fourth-order valence-electron chi connectivity index (χ4n) is 4.83. The molecule has 1 amide bonds. The van der Waals surface area contributed by atoms with Crippen LogP contribution < -0.4 is 10.9 Å². The predicted molar refractivity (Wildman–Crippen MR) is 154 cm³/mol. The third-order valence-corrected chi connectivity index (χ3v) is 7.24. The third-order valence-electron chi connectivity index (χ3n) is 6.73. The molecule has 13 nitrogen and oxygen atoms in total. The summed E-state index contributed by atoms with van der Waals surface area (Å²) in [5, 5.41) is 14.8. The average Bonchev–Trinajstić information content (AvgIpc) is 3.74. The van der Waals surface area contributed by atoms with Crippen molar-refractivity contribution in [3.8, 4) is 28.2 Å². The molecule has 1 atom stereocenters. The number of imidazole rings is 1. The molecule has 0 saturated carbocycles. The molecule has 2 aromatic carbocycles. The quantitative estimate of drug-likeness (QED) is 0.245. The van der Waals surface area contributed by atoms with Crippen LogP contribution in [0.3, 0.4) is 0 Å². The number of carbonyl (C=O) groups excluding carboxylic acids is 1. The van der Waals surface area contributed by atoms with Crippen LogP contribution in [0.4, 0.5) is 10.5 Å². The largest absolute Gasteiger partial charge is 0.447 e. The number of tetrazole rings is 1. The maximum atomic E-state index is 13.5. The average molecular weight is 608 g/mol. The summed E-state index contributed by atoms with van der Waals surface area (Å²) in [5.41, 5.74) is 3.31. The van der Waals surface area contributed by atoms with E-state index in [2.05, 4.69) is 25.8 Å². The van der Waals surface area contributed by atoms with E-state index >= 15 is 0 Å². The highest BCUT2D eigenvalue weighted by Crippen LogP contribution is 2.35. The number of aromatic nitrogens is 8. The predicted octanol–water partition coefficient (Wildman–Crippen LogP) is 4.31. The second-order valence-electron chi connectivity index (χ2n) is 9.35. The molecule has 5 aromatic rings. The zero-order valence-electron chi connectivity index (χ0n) is 22.1. The lowest BCUT2D eigenvalue weighted by molar-refractivity contribution is 0.107. The molecule has 6 rings (SSSR count). The van der Waals surface area contributed by atoms with Crippen molar-refractivity contribution in [3.05, 3.63) is 87.0 Å². The molecule has 15 heteroatoms. The Balaban J connectivity index is 1.25. The fourth-order valence-corrected chi connectivity index (χ4v) is 5.25. The smallest absolute Gasteiger partial charge is 0.411 e. The van der Waals surface area contributed by atoms with Crippen LogP contribution in [0.5, 0.6) is 0 Å². The molecule has 0 spiro atoms. The number of nitrogens with one attached hydrogen (secondary N) is 2. The lowest BCUT2D eigenvalue weighted by Gasteiger charge is -2.14. The number of carbonyl (C=O) groups is 1. The first-order valence-corrected chi connectivity index (χ1v) is 13.6. The van der Waals surface area contributed by atoms with E-state index < -0.39 is 6.09 Å². The lowest BCUT2D eigenvalue weighted by Crippen LogP contribution is -2.25. The molecule has 0 aliphatic carbocycles. The Labute approximate surface area is 248 Å². The van der Waals surface area contributed by atoms with Crippen molar-refractivity contribution in [1.82, 2.24) is 39.7 Å². The molecule has 0 radical (unpaired) electrons. The highest BCUT2D eigenvalue weighted by molar-refractivity contribution is 6.32. The van der Waals surface area contributed by atoms with Gasteiger partial charge in [0, 0.05) is 41.4 Å². The van der Waals surface area contributed by atoms with E-state index in [-0.39, 0.29) is 18.2 Å². The first kappa shape index (κ1) is 27.6. The van der Waals surface area contributed by atoms with E-state index in [1.807, 2.05) is 0 Å². The number of benzene rings is 2. The van der Waals surface area contributed by atoms with Gasteiger partial charge in [0.05, 0.1) is 24.0 Å². The van der Waals surface area contributed by atoms with Crippen molar-refractivity contribution in [3.63, 3.8) is 0 Å². The second-order valence-corrected chi connectivity index (χ2v) is 10.2. The van der Waals surface area contributed by atoms with Crippen LogP contribution >= 0.6 is 23.2 Å². The van der Waals surface area contributed by atoms with Crippen LogP contribution in [0, 0.1) is 0 Å². The molecule has 0 fully saturated rings. The number of anilines is 1. The van der Waals surface area contributed by atoms with Crippen molar-refractivity contribution in [2.24, 2.45) is 0 Å². The van der Waals surface area contributed by atoms with Gasteiger partial charge in [0.2, 0.25) is 0 Å². The SMILES string of the molecule is COCCOC(=O)Nc1ccc(-c2nc([C@@H]3CCc4nc(-c5cc(Cl)ccc5-n5cnnn5)cc(=O)n43)[nH]c2Cl)cc1. The highest BCUT2D eigenvalue weighted by atomic mass is 35.5. The summed E-state index contributed by atoms with van der Waals surface area (Å²) in [6.07, 6.45) is 2.05. The van der Waals surface area contributed by atoms with Gasteiger partial charge < -0.3 is 14.5 Å². The van der Waals surface area contributed by atoms with Gasteiger partial charge in [0.25, 0.3) is 5.56 Å². The van der Waals surface area contributed by atoms with Crippen molar-refractivity contribution < 1.29 is 14.3 Å². The summed E-state index contributed by atoms with van der Waals surface area (Å²) >= 11 is 12.8. The third kappa shape index (κ3) is 5.49. The minimum atomic E-state index is -0.580. The van der Waals surface area contributed by atoms with Gasteiger partial charge in [-0.25, -0.2) is 14.8 Å². The van der Waals surface area contributed by atoms with Gasteiger partial charge in [0.15, 0.2) is 0 Å². The van der Waals surface area contributed by atoms with Crippen molar-refractivity contribution in [2.45, 2.75) is 18.9 Å². The number of aromatic amines is 1. The van der Waals surface area contributed by atoms with E-state index in [9.17, 15) is 9.59 Å². The van der Waals surface area contributed by atoms with Gasteiger partial charge in [0.1, 0.15) is 35.4 Å². The van der Waals surface area contributed by atoms with Crippen LogP contribution in [0.25, 0.3) is 28.2 Å². The van der Waals surface area contributed by atoms with E-state index in [1.54, 1.807) is 47.0 Å². The van der Waals surface area contributed by atoms with Gasteiger partial charge in [-0.05, 0) is 47.2 Å². The molecule has 1 aliphatic rings. The van der Waals surface area contributed by atoms with E-state index in [4.69, 9.17) is 42.6 Å². The molecule has 4 heterocycles. The van der Waals surface area contributed by atoms with E-state index in [1.165, 1.54) is 24.2 Å². The molecule has 1 aliphatic heterocycles. The van der Waals surface area contributed by atoms with Gasteiger partial charge in [-0.1, -0.05) is 35.3 Å². The molecule has 42 heavy (non-hydrogen) atoms. The Kier molecular flexibility index (Phi) is 7.69. The zero-order valence-corrected chi connectivity index (χ0v) is 23.6. The number of hydrogen-bond donors (Lipinski definition) is 2. The Bertz CT molecular complexity index is 1800. The highest BCUT2D eigenvalue weighted by Gasteiger charge is 2.30. The number of rotatable bonds is 8. The summed E-state index contributed by atoms with van der Waals surface area (Å²) in [6.45, 7) is 0.463. The normalized spacial score (nSPS) is 14.1. The fraction of sp³-hybridized carbons (Fsp3) is 0.222. The number of methoxy groups -OCH3 is 1. The molecule has 2 N–H and O–H groups in total. The van der Waals surface area contributed by atoms with Crippen LogP contribution in [0.15, 0.2) is 59.7 Å². The monoisotopic (exact) mass is 607 g/mol. The first-order chi connectivity index (χ1) is 20.4. The van der Waals surface area contributed by atoms with Crippen LogP contribution in [-0.2, 0) is 15.9 Å². The summed E-state index contributed by atoms with van der Waals surface area (Å²) in [6, 6.07) is 13.3. The van der Waals surface area contributed by atoms with E-state index in [0.29, 0.717) is 69.6 Å². The van der Waals surface area contributed by atoms with Gasteiger partial charge in [-0.3, -0.25) is 14.7 Å². The van der Waals surface area contributed by atoms with Crippen LogP contribution in [0.1, 0.15) is 24.1 Å². The lowest BCUT2D eigenvalue weighted by atomic mass is 10.1. The minimum Gasteiger partial charge on any atom is -0.447 e. The Morgan fingerprint density at radius 3 is 2.71 bits per heavy atom. The first-order valence-electron chi connectivity index (χ1n) is 12.9. The second kappa shape index (κ2) is 11.7. The molecule has 214 valence electrons. The number of nitrogens with zero attached hydrogens (tertiary/aromatic N) is 7. The Morgan fingerprint density at radius 2 is 1.95 bits per heavy atom. The standard InChI is InChI=1S/C27H23Cl2N9O4/c1-41-10-11-42-27(40)31-17-5-2-15(3-6-17)24-25(29)34-26(33-24)21-8-9-22-32-19(13-23(39)38(21)22)18-12-16(28)4-7-20(18)37-14-30-35-36-37/h2-7,12-14,21H,8-11H2,1H3,(H,31,40)(H,33,34)/t21-/m0/s1. The van der Waals surface area contributed by atoms with Crippen LogP contribution in [-0.4, -0.2) is 66.1 Å². The maximum Gasteiger partial charge on any atom is 0.411 e. The summed E-state index contributed by atoms with van der Waals surface area (Å²) < 4.78 is 13.0. The number of hydrogen-bond acceptors (Lipinski definition) is 9. The summed E-state index contributed by atoms with van der Waals surface area (Å²) in [4.78, 5) is 38.0. The van der Waals surface area contributed by atoms with E-state index in [0.717, 1.165) is 5.56 Å². The van der Waals surface area contributed by atoms with Gasteiger partial charge in [-0.2, -0.15) is 4.68 Å². The Hall–Kier alpha value is -4.59. The number of ether oxygens (including phenoxy) is 2. The van der Waals surface area contributed by atoms with Gasteiger partial charge >= 0.3 is 6.09 Å². The molecule has 0 bridgehead atoms.